The van der Waals surface area contributed by atoms with Crippen molar-refractivity contribution in [2.75, 3.05) is 19.1 Å². The molecule has 0 saturated carbocycles. The summed E-state index contributed by atoms with van der Waals surface area (Å²) >= 11 is 12.6. The monoisotopic (exact) mass is 582 g/mol. The van der Waals surface area contributed by atoms with Crippen LogP contribution in [-0.4, -0.2) is 44.4 Å². The number of benzene rings is 1. The highest BCUT2D eigenvalue weighted by Gasteiger charge is 2.41. The zero-order chi connectivity index (χ0) is 28.9. The number of hydrogen-bond acceptors (Lipinski definition) is 7. The van der Waals surface area contributed by atoms with Crippen LogP contribution in [0.5, 0.6) is 11.9 Å². The fourth-order valence-electron chi connectivity index (χ4n) is 5.22. The van der Waals surface area contributed by atoms with Gasteiger partial charge in [-0.1, -0.05) is 43.1 Å². The Morgan fingerprint density at radius 3 is 2.48 bits per heavy atom. The first kappa shape index (κ1) is 27.7. The average Bonchev–Trinajstić information content (AvgIpc) is 3.29. The van der Waals surface area contributed by atoms with Crippen LogP contribution in [-0.2, 0) is 18.3 Å². The van der Waals surface area contributed by atoms with Crippen molar-refractivity contribution < 1.29 is 14.3 Å². The molecule has 10 nitrogen and oxygen atoms in total. The lowest BCUT2D eigenvalue weighted by molar-refractivity contribution is -0.118. The van der Waals surface area contributed by atoms with Gasteiger partial charge in [-0.25, -0.2) is 9.67 Å². The standard InChI is InChI=1S/C28H28Cl2N6O4/c1-14(2)24-23-20(33-36(24)21-12-31-28(40-6)32-26(21)39-5)11-22(37)35(17-10-19(30)27(38)34(4)13-17)25(23)18-8-7-16(29)9-15(18)3/h7-10,12-14,25H,11H2,1-6H3. The fourth-order valence-corrected chi connectivity index (χ4v) is 5.69. The molecule has 0 bridgehead atoms. The van der Waals surface area contributed by atoms with Gasteiger partial charge in [0.2, 0.25) is 11.8 Å². The van der Waals surface area contributed by atoms with Gasteiger partial charge in [-0.3, -0.25) is 14.5 Å². The SMILES string of the molecule is COc1ncc(-n2nc3c(c2C(C)C)C(c2ccc(Cl)cc2C)N(c2cc(Cl)c(=O)n(C)c2)C(=O)C3)c(OC)n1. The second-order valence-corrected chi connectivity index (χ2v) is 10.7. The first-order chi connectivity index (χ1) is 19.0. The largest absolute Gasteiger partial charge is 0.479 e. The smallest absolute Gasteiger partial charge is 0.319 e. The van der Waals surface area contributed by atoms with Gasteiger partial charge < -0.3 is 14.0 Å². The lowest BCUT2D eigenvalue weighted by Gasteiger charge is -2.37. The van der Waals surface area contributed by atoms with Crippen molar-refractivity contribution in [1.29, 1.82) is 0 Å². The number of nitrogens with zero attached hydrogens (tertiary/aromatic N) is 6. The highest BCUT2D eigenvalue weighted by atomic mass is 35.5. The minimum absolute atomic E-state index is 0.0186. The Bertz CT molecular complexity index is 1670. The maximum absolute atomic E-state index is 13.9. The quantitative estimate of drug-likeness (QED) is 0.321. The van der Waals surface area contributed by atoms with Gasteiger partial charge in [0.25, 0.3) is 5.56 Å². The van der Waals surface area contributed by atoms with Crippen molar-refractivity contribution in [3.8, 4) is 17.6 Å². The number of rotatable bonds is 6. The van der Waals surface area contributed by atoms with Crippen LogP contribution in [0.3, 0.4) is 0 Å². The molecule has 12 heteroatoms. The van der Waals surface area contributed by atoms with Crippen LogP contribution in [0.4, 0.5) is 5.69 Å². The summed E-state index contributed by atoms with van der Waals surface area (Å²) in [7, 11) is 4.59. The highest BCUT2D eigenvalue weighted by molar-refractivity contribution is 6.31. The third kappa shape index (κ3) is 4.61. The lowest BCUT2D eigenvalue weighted by atomic mass is 9.85. The number of carbonyl (C=O) groups excluding carboxylic acids is 1. The molecule has 1 aliphatic heterocycles. The Balaban J connectivity index is 1.84. The van der Waals surface area contributed by atoms with Crippen LogP contribution in [0.15, 0.2) is 41.5 Å². The van der Waals surface area contributed by atoms with Gasteiger partial charge >= 0.3 is 6.01 Å². The Labute approximate surface area is 241 Å². The van der Waals surface area contributed by atoms with Crippen molar-refractivity contribution in [1.82, 2.24) is 24.3 Å². The van der Waals surface area contributed by atoms with E-state index in [9.17, 15) is 9.59 Å². The van der Waals surface area contributed by atoms with E-state index in [0.29, 0.717) is 22.1 Å². The Morgan fingerprint density at radius 2 is 1.85 bits per heavy atom. The van der Waals surface area contributed by atoms with Crippen molar-refractivity contribution in [3.05, 3.63) is 85.1 Å². The normalized spacial score (nSPS) is 15.0. The Morgan fingerprint density at radius 1 is 1.10 bits per heavy atom. The van der Waals surface area contributed by atoms with E-state index in [0.717, 1.165) is 22.4 Å². The number of aromatic nitrogens is 5. The number of methoxy groups -OCH3 is 2. The van der Waals surface area contributed by atoms with Crippen LogP contribution < -0.4 is 19.9 Å². The number of fused-ring (bicyclic) bond motifs is 1. The summed E-state index contributed by atoms with van der Waals surface area (Å²) in [6.07, 6.45) is 3.24. The third-order valence-electron chi connectivity index (χ3n) is 6.95. The maximum Gasteiger partial charge on any atom is 0.319 e. The summed E-state index contributed by atoms with van der Waals surface area (Å²) in [6.45, 7) is 6.06. The number of pyridine rings is 1. The first-order valence-electron chi connectivity index (χ1n) is 12.6. The van der Waals surface area contributed by atoms with Crippen molar-refractivity contribution in [2.45, 2.75) is 39.2 Å². The van der Waals surface area contributed by atoms with Gasteiger partial charge in [0.15, 0.2) is 0 Å². The fraction of sp³-hybridized carbons (Fsp3) is 0.321. The Kier molecular flexibility index (Phi) is 7.32. The van der Waals surface area contributed by atoms with E-state index in [-0.39, 0.29) is 40.7 Å². The van der Waals surface area contributed by atoms with Crippen LogP contribution in [0.25, 0.3) is 5.69 Å². The maximum atomic E-state index is 13.9. The van der Waals surface area contributed by atoms with Gasteiger partial charge in [-0.2, -0.15) is 10.1 Å². The molecular formula is C28H28Cl2N6O4. The number of carbonyl (C=O) groups is 1. The number of aryl methyl sites for hydroxylation is 2. The minimum atomic E-state index is -0.585. The summed E-state index contributed by atoms with van der Waals surface area (Å²) in [5, 5.41) is 5.52. The van der Waals surface area contributed by atoms with Gasteiger partial charge in [-0.15, -0.1) is 0 Å². The molecule has 1 aromatic carbocycles. The van der Waals surface area contributed by atoms with E-state index in [1.54, 1.807) is 35.1 Å². The molecule has 208 valence electrons. The molecular weight excluding hydrogens is 555 g/mol. The molecule has 0 fully saturated rings. The van der Waals surface area contributed by atoms with Crippen LogP contribution in [0.2, 0.25) is 10.0 Å². The van der Waals surface area contributed by atoms with E-state index < -0.39 is 6.04 Å². The molecule has 1 aliphatic rings. The summed E-state index contributed by atoms with van der Waals surface area (Å²) < 4.78 is 13.9. The third-order valence-corrected chi connectivity index (χ3v) is 7.45. The Hall–Kier alpha value is -3.89. The van der Waals surface area contributed by atoms with Gasteiger partial charge in [0.05, 0.1) is 50.0 Å². The second kappa shape index (κ2) is 10.6. The van der Waals surface area contributed by atoms with Crippen LogP contribution in [0.1, 0.15) is 53.9 Å². The molecule has 4 heterocycles. The van der Waals surface area contributed by atoms with E-state index >= 15 is 0 Å². The zero-order valence-electron chi connectivity index (χ0n) is 22.9. The molecule has 0 aliphatic carbocycles. The highest BCUT2D eigenvalue weighted by Crippen LogP contribution is 2.44. The predicted molar refractivity (Wildman–Crippen MR) is 152 cm³/mol. The molecule has 0 spiro atoms. The molecule has 0 N–H and O–H groups in total. The minimum Gasteiger partial charge on any atom is -0.479 e. The van der Waals surface area contributed by atoms with Gasteiger partial charge in [0, 0.05) is 23.8 Å². The van der Waals surface area contributed by atoms with E-state index in [2.05, 4.69) is 23.8 Å². The number of halogens is 2. The molecule has 5 rings (SSSR count). The summed E-state index contributed by atoms with van der Waals surface area (Å²) in [4.78, 5) is 36.6. The number of ether oxygens (including phenoxy) is 2. The number of hydrogen-bond donors (Lipinski definition) is 0. The molecule has 4 aromatic rings. The lowest BCUT2D eigenvalue weighted by Crippen LogP contribution is -2.42. The molecule has 1 atom stereocenters. The summed E-state index contributed by atoms with van der Waals surface area (Å²) in [6, 6.07) is 6.69. The van der Waals surface area contributed by atoms with Crippen LogP contribution in [0, 0.1) is 6.92 Å². The molecule has 1 amide bonds. The molecule has 3 aromatic heterocycles. The van der Waals surface area contributed by atoms with Gasteiger partial charge in [0.1, 0.15) is 10.7 Å². The van der Waals surface area contributed by atoms with E-state index in [1.165, 1.54) is 24.9 Å². The average molecular weight is 583 g/mol. The molecule has 0 radical (unpaired) electrons. The van der Waals surface area contributed by atoms with Crippen LogP contribution >= 0.6 is 23.2 Å². The van der Waals surface area contributed by atoms with Crippen molar-refractivity contribution >= 4 is 34.8 Å². The predicted octanol–water partition coefficient (Wildman–Crippen LogP) is 4.80. The topological polar surface area (TPSA) is 104 Å². The summed E-state index contributed by atoms with van der Waals surface area (Å²) in [5.74, 6) is 0.0530. The number of amides is 1. The first-order valence-corrected chi connectivity index (χ1v) is 13.3. The van der Waals surface area contributed by atoms with E-state index in [1.807, 2.05) is 19.1 Å². The van der Waals surface area contributed by atoms with Crippen molar-refractivity contribution in [3.63, 3.8) is 0 Å². The van der Waals surface area contributed by atoms with E-state index in [4.69, 9.17) is 37.8 Å². The number of anilines is 1. The summed E-state index contributed by atoms with van der Waals surface area (Å²) in [5.41, 5.74) is 4.76. The molecule has 1 unspecified atom stereocenters. The second-order valence-electron chi connectivity index (χ2n) is 9.87. The molecule has 40 heavy (non-hydrogen) atoms. The molecule has 0 saturated heterocycles. The van der Waals surface area contributed by atoms with Crippen molar-refractivity contribution in [2.24, 2.45) is 7.05 Å². The zero-order valence-corrected chi connectivity index (χ0v) is 24.4. The van der Waals surface area contributed by atoms with Gasteiger partial charge in [-0.05, 0) is 42.2 Å².